The molecular formula is C51H63N9O6S. The molecule has 15 nitrogen and oxygen atoms in total. The number of hydrogen-bond acceptors (Lipinski definition) is 12. The number of ether oxygens (including phenoxy) is 1. The molecule has 2 aromatic carbocycles. The summed E-state index contributed by atoms with van der Waals surface area (Å²) in [6, 6.07) is 20.6. The lowest BCUT2D eigenvalue weighted by Crippen LogP contribution is -2.60. The maximum atomic E-state index is 14.0. The number of hydrogen-bond donors (Lipinski definition) is 3. The molecule has 1 amide bonds. The van der Waals surface area contributed by atoms with Crippen molar-refractivity contribution in [3.63, 3.8) is 0 Å². The highest BCUT2D eigenvalue weighted by Crippen LogP contribution is 2.54. The predicted molar refractivity (Wildman–Crippen MR) is 259 cm³/mol. The molecule has 3 aromatic heterocycles. The number of aromatic nitrogens is 3. The number of benzene rings is 2. The van der Waals surface area contributed by atoms with Crippen molar-refractivity contribution >= 4 is 44.2 Å². The molecule has 0 unspecified atom stereocenters. The highest BCUT2D eigenvalue weighted by atomic mass is 32.2. The summed E-state index contributed by atoms with van der Waals surface area (Å²) >= 11 is 0. The van der Waals surface area contributed by atoms with Crippen LogP contribution in [0.2, 0.25) is 0 Å². The quantitative estimate of drug-likeness (QED) is 0.0711. The zero-order chi connectivity index (χ0) is 46.5. The SMILES string of the molecule is CC(C)c1ccccc1[C@@H]1CN(C2CC2)CCN1C1CC2(CCN(c3ccc(C(=O)NS(=O)(=O)c4cnc(NC[C@H]5CC[C@@H](C)CC5)c([N+](=O)[O-])c4)c(Oc4cnc5[nH]ccc5c4)c3)CC2)C1. The third-order valence-corrected chi connectivity index (χ3v) is 16.9. The fourth-order valence-electron chi connectivity index (χ4n) is 11.4. The first kappa shape index (κ1) is 45.2. The summed E-state index contributed by atoms with van der Waals surface area (Å²) < 4.78 is 36.0. The Kier molecular flexibility index (Phi) is 12.5. The van der Waals surface area contributed by atoms with Gasteiger partial charge < -0.3 is 19.9 Å². The number of carbonyl (C=O) groups is 1. The van der Waals surface area contributed by atoms with Crippen LogP contribution in [0.1, 0.15) is 118 Å². The van der Waals surface area contributed by atoms with Gasteiger partial charge in [0.1, 0.15) is 22.0 Å². The highest BCUT2D eigenvalue weighted by molar-refractivity contribution is 7.90. The van der Waals surface area contributed by atoms with Gasteiger partial charge in [-0.25, -0.2) is 23.1 Å². The zero-order valence-electron chi connectivity index (χ0n) is 38.8. The van der Waals surface area contributed by atoms with Crippen LogP contribution in [0, 0.1) is 27.4 Å². The van der Waals surface area contributed by atoms with Crippen molar-refractivity contribution in [2.24, 2.45) is 17.3 Å². The zero-order valence-corrected chi connectivity index (χ0v) is 39.6. The molecule has 5 fully saturated rings. The van der Waals surface area contributed by atoms with Crippen molar-refractivity contribution < 1.29 is 22.9 Å². The topological polar surface area (TPSA) is 179 Å². The normalized spacial score (nSPS) is 22.7. The largest absolute Gasteiger partial charge is 0.455 e. The molecule has 2 aliphatic heterocycles. The van der Waals surface area contributed by atoms with Gasteiger partial charge in [0.15, 0.2) is 0 Å². The average Bonchev–Trinajstić information content (AvgIpc) is 4.07. The van der Waals surface area contributed by atoms with E-state index in [-0.39, 0.29) is 22.5 Å². The van der Waals surface area contributed by atoms with E-state index in [1.807, 2.05) is 12.1 Å². The molecule has 3 N–H and O–H groups in total. The van der Waals surface area contributed by atoms with Crippen molar-refractivity contribution in [3.05, 3.63) is 106 Å². The van der Waals surface area contributed by atoms with Gasteiger partial charge in [-0.1, -0.05) is 57.9 Å². The van der Waals surface area contributed by atoms with Gasteiger partial charge in [-0.15, -0.1) is 0 Å². The van der Waals surface area contributed by atoms with E-state index in [0.717, 1.165) is 101 Å². The van der Waals surface area contributed by atoms with E-state index in [1.54, 1.807) is 30.6 Å². The maximum absolute atomic E-state index is 14.0. The predicted octanol–water partition coefficient (Wildman–Crippen LogP) is 9.41. The summed E-state index contributed by atoms with van der Waals surface area (Å²) in [5, 5.41) is 16.0. The molecule has 354 valence electrons. The Balaban J connectivity index is 0.840. The number of amides is 1. The second-order valence-corrected chi connectivity index (χ2v) is 22.1. The minimum atomic E-state index is -4.60. The van der Waals surface area contributed by atoms with E-state index < -0.39 is 31.4 Å². The smallest absolute Gasteiger partial charge is 0.312 e. The second kappa shape index (κ2) is 18.5. The minimum absolute atomic E-state index is 0.00645. The van der Waals surface area contributed by atoms with Gasteiger partial charge in [0, 0.05) is 86.8 Å². The molecule has 5 aromatic rings. The lowest BCUT2D eigenvalue weighted by atomic mass is 9.59. The van der Waals surface area contributed by atoms with Crippen LogP contribution in [0.5, 0.6) is 11.5 Å². The fourth-order valence-corrected chi connectivity index (χ4v) is 12.3. The number of piperazine rings is 1. The van der Waals surface area contributed by atoms with Crippen LogP contribution < -0.4 is 19.7 Å². The van der Waals surface area contributed by atoms with E-state index in [1.165, 1.54) is 36.8 Å². The molecule has 67 heavy (non-hydrogen) atoms. The van der Waals surface area contributed by atoms with Crippen molar-refractivity contribution in [2.75, 3.05) is 49.5 Å². The molecule has 1 spiro atoms. The van der Waals surface area contributed by atoms with Gasteiger partial charge in [-0.2, -0.15) is 0 Å². The number of anilines is 2. The number of nitrogens with zero attached hydrogens (tertiary/aromatic N) is 6. The van der Waals surface area contributed by atoms with Gasteiger partial charge >= 0.3 is 5.69 Å². The number of H-pyrrole nitrogens is 1. The number of piperidine rings is 1. The first-order chi connectivity index (χ1) is 32.3. The third kappa shape index (κ3) is 9.62. The molecule has 5 aliphatic rings. The number of rotatable bonds is 14. The molecule has 16 heteroatoms. The highest BCUT2D eigenvalue weighted by Gasteiger charge is 2.50. The Hall–Kier alpha value is -5.58. The Morgan fingerprint density at radius 2 is 1.72 bits per heavy atom. The molecule has 0 bridgehead atoms. The van der Waals surface area contributed by atoms with E-state index in [9.17, 15) is 23.3 Å². The Morgan fingerprint density at radius 3 is 2.46 bits per heavy atom. The molecule has 10 rings (SSSR count). The molecule has 5 heterocycles. The van der Waals surface area contributed by atoms with Crippen molar-refractivity contribution in [2.45, 2.75) is 114 Å². The van der Waals surface area contributed by atoms with Gasteiger partial charge in [-0.05, 0) is 110 Å². The number of nitro groups is 1. The third-order valence-electron chi connectivity index (χ3n) is 15.6. The van der Waals surface area contributed by atoms with E-state index in [0.29, 0.717) is 47.8 Å². The monoisotopic (exact) mass is 929 g/mol. The van der Waals surface area contributed by atoms with Crippen molar-refractivity contribution in [3.8, 4) is 11.5 Å². The van der Waals surface area contributed by atoms with Gasteiger partial charge in [0.05, 0.1) is 22.9 Å². The van der Waals surface area contributed by atoms with Crippen LogP contribution in [0.25, 0.3) is 11.0 Å². The summed E-state index contributed by atoms with van der Waals surface area (Å²) in [5.74, 6) is 1.06. The number of aromatic amines is 1. The van der Waals surface area contributed by atoms with Crippen LogP contribution in [0.4, 0.5) is 17.2 Å². The van der Waals surface area contributed by atoms with Gasteiger partial charge in [0.2, 0.25) is 5.82 Å². The number of nitrogens with one attached hydrogen (secondary N) is 3. The standard InChI is InChI=1S/C51H63N9O6S/c1-33(2)42-6-4-5-7-43(42)46-32-58(37-12-13-37)22-23-59(46)39-27-51(28-39)17-20-57(21-18-51)38-14-15-44(47(25-38)66-40-24-36-16-19-52-48(36)54-30-40)50(61)56-67(64,65)41-26-45(60(62)63)49(55-31-41)53-29-35-10-8-34(3)9-11-35/h4-7,14-16,19,24-26,30-31,33-35,37,39,46H,8-13,17-18,20-23,27-29,32H2,1-3H3,(H,52,54)(H,53,55)(H,56,61)/t34-,35+,46-/m0/s1. The molecule has 3 saturated carbocycles. The fraction of sp³-hybridized carbons (Fsp3) is 0.510. The van der Waals surface area contributed by atoms with Crippen LogP contribution in [0.3, 0.4) is 0 Å². The summed E-state index contributed by atoms with van der Waals surface area (Å²) in [6.45, 7) is 12.4. The van der Waals surface area contributed by atoms with E-state index >= 15 is 0 Å². The van der Waals surface area contributed by atoms with Gasteiger partial charge in [0.25, 0.3) is 15.9 Å². The minimum Gasteiger partial charge on any atom is -0.455 e. The van der Waals surface area contributed by atoms with Gasteiger partial charge in [-0.3, -0.25) is 24.7 Å². The number of pyridine rings is 2. The van der Waals surface area contributed by atoms with E-state index in [2.05, 4.69) is 84.7 Å². The number of sulfonamides is 1. The average molecular weight is 930 g/mol. The lowest BCUT2D eigenvalue weighted by Gasteiger charge is -2.58. The van der Waals surface area contributed by atoms with Crippen LogP contribution >= 0.6 is 0 Å². The number of fused-ring (bicyclic) bond motifs is 1. The lowest BCUT2D eigenvalue weighted by molar-refractivity contribution is -0.384. The molecular weight excluding hydrogens is 867 g/mol. The maximum Gasteiger partial charge on any atom is 0.312 e. The number of carbonyl (C=O) groups excluding carboxylic acids is 1. The summed E-state index contributed by atoms with van der Waals surface area (Å²) in [7, 11) is -4.60. The molecule has 3 aliphatic carbocycles. The van der Waals surface area contributed by atoms with Crippen LogP contribution in [-0.2, 0) is 10.0 Å². The molecule has 2 saturated heterocycles. The van der Waals surface area contributed by atoms with Crippen molar-refractivity contribution in [1.29, 1.82) is 0 Å². The van der Waals surface area contributed by atoms with Crippen molar-refractivity contribution in [1.82, 2.24) is 29.5 Å². The van der Waals surface area contributed by atoms with E-state index in [4.69, 9.17) is 4.74 Å². The second-order valence-electron chi connectivity index (χ2n) is 20.4. The first-order valence-corrected chi connectivity index (χ1v) is 25.8. The molecule has 0 radical (unpaired) electrons. The summed E-state index contributed by atoms with van der Waals surface area (Å²) in [4.78, 5) is 44.6. The summed E-state index contributed by atoms with van der Waals surface area (Å²) in [6.07, 6.45) is 15.7. The molecule has 1 atom stereocenters. The summed E-state index contributed by atoms with van der Waals surface area (Å²) in [5.41, 5.74) is 4.29. The first-order valence-electron chi connectivity index (χ1n) is 24.4. The van der Waals surface area contributed by atoms with Crippen LogP contribution in [0.15, 0.2) is 84.1 Å². The van der Waals surface area contributed by atoms with Crippen LogP contribution in [-0.4, -0.2) is 95.4 Å². The Labute approximate surface area is 393 Å². The Morgan fingerprint density at radius 1 is 0.940 bits per heavy atom. The Bertz CT molecular complexity index is 2730.